The maximum atomic E-state index is 10.9. The highest BCUT2D eigenvalue weighted by Gasteiger charge is 2.12. The van der Waals surface area contributed by atoms with Crippen LogP contribution in [0, 0.1) is 0 Å². The van der Waals surface area contributed by atoms with E-state index in [0.29, 0.717) is 11.4 Å². The van der Waals surface area contributed by atoms with Crippen LogP contribution in [-0.4, -0.2) is 29.9 Å². The van der Waals surface area contributed by atoms with Crippen LogP contribution in [0.15, 0.2) is 18.3 Å². The standard InChI is InChI=1S/C10H15N5O2/c11-4-7-3-8(1-2-14-7)15(5-9(12)16)6-10(13)17/h1-3H,4-6,11H2,(H2,12,16)(H2,13,17). The van der Waals surface area contributed by atoms with Crippen LogP contribution in [0.1, 0.15) is 5.69 Å². The number of carbonyl (C=O) groups is 2. The van der Waals surface area contributed by atoms with Crippen molar-refractivity contribution in [1.82, 2.24) is 4.98 Å². The molecule has 0 unspecified atom stereocenters. The Morgan fingerprint density at radius 1 is 1.24 bits per heavy atom. The average molecular weight is 237 g/mol. The Bertz CT molecular complexity index is 405. The van der Waals surface area contributed by atoms with E-state index in [2.05, 4.69) is 4.98 Å². The molecule has 2 amide bonds. The lowest BCUT2D eigenvalue weighted by Crippen LogP contribution is -2.39. The molecule has 0 saturated heterocycles. The molecule has 1 aromatic rings. The van der Waals surface area contributed by atoms with Crippen LogP contribution >= 0.6 is 0 Å². The molecule has 17 heavy (non-hydrogen) atoms. The highest BCUT2D eigenvalue weighted by Crippen LogP contribution is 2.13. The second kappa shape index (κ2) is 5.80. The van der Waals surface area contributed by atoms with Crippen molar-refractivity contribution in [1.29, 1.82) is 0 Å². The van der Waals surface area contributed by atoms with E-state index in [4.69, 9.17) is 17.2 Å². The Kier molecular flexibility index (Phi) is 4.41. The van der Waals surface area contributed by atoms with E-state index in [0.717, 1.165) is 0 Å². The van der Waals surface area contributed by atoms with E-state index in [9.17, 15) is 9.59 Å². The topological polar surface area (TPSA) is 128 Å². The van der Waals surface area contributed by atoms with Gasteiger partial charge >= 0.3 is 0 Å². The summed E-state index contributed by atoms with van der Waals surface area (Å²) in [7, 11) is 0. The number of hydrogen-bond acceptors (Lipinski definition) is 5. The fourth-order valence-electron chi connectivity index (χ4n) is 1.39. The summed E-state index contributed by atoms with van der Waals surface area (Å²) in [5.74, 6) is -1.09. The summed E-state index contributed by atoms with van der Waals surface area (Å²) in [5.41, 5.74) is 17.0. The number of aromatic nitrogens is 1. The van der Waals surface area contributed by atoms with E-state index < -0.39 is 11.8 Å². The first-order chi connectivity index (χ1) is 8.02. The Morgan fingerprint density at radius 3 is 2.29 bits per heavy atom. The number of pyridine rings is 1. The van der Waals surface area contributed by atoms with Crippen molar-refractivity contribution < 1.29 is 9.59 Å². The summed E-state index contributed by atoms with van der Waals surface area (Å²) in [6, 6.07) is 3.34. The summed E-state index contributed by atoms with van der Waals surface area (Å²) in [6.45, 7) is 0.1000. The summed E-state index contributed by atoms with van der Waals surface area (Å²) in [6.07, 6.45) is 1.55. The Labute approximate surface area is 98.6 Å². The molecule has 0 atom stereocenters. The Morgan fingerprint density at radius 2 is 1.82 bits per heavy atom. The molecule has 0 spiro atoms. The van der Waals surface area contributed by atoms with Gasteiger partial charge in [-0.25, -0.2) is 0 Å². The Balaban J connectivity index is 2.94. The molecular weight excluding hydrogens is 222 g/mol. The number of primary amides is 2. The van der Waals surface area contributed by atoms with Gasteiger partial charge in [0.05, 0.1) is 18.8 Å². The van der Waals surface area contributed by atoms with Gasteiger partial charge in [0.25, 0.3) is 0 Å². The van der Waals surface area contributed by atoms with Crippen molar-refractivity contribution in [2.24, 2.45) is 17.2 Å². The van der Waals surface area contributed by atoms with Crippen molar-refractivity contribution >= 4 is 17.5 Å². The molecule has 1 heterocycles. The first-order valence-corrected chi connectivity index (χ1v) is 4.99. The summed E-state index contributed by atoms with van der Waals surface area (Å²) in [4.78, 5) is 27.3. The van der Waals surface area contributed by atoms with Gasteiger partial charge in [-0.1, -0.05) is 0 Å². The fraction of sp³-hybridized carbons (Fsp3) is 0.300. The zero-order valence-corrected chi connectivity index (χ0v) is 9.30. The molecule has 1 rings (SSSR count). The molecular formula is C10H15N5O2. The average Bonchev–Trinajstić information content (AvgIpc) is 2.27. The predicted octanol–water partition coefficient (Wildman–Crippen LogP) is -1.68. The van der Waals surface area contributed by atoms with Gasteiger partial charge in [0.1, 0.15) is 0 Å². The molecule has 0 aliphatic carbocycles. The molecule has 0 fully saturated rings. The molecule has 0 radical (unpaired) electrons. The first kappa shape index (κ1) is 12.9. The number of nitrogens with two attached hydrogens (primary N) is 3. The summed E-state index contributed by atoms with van der Waals surface area (Å²) >= 11 is 0. The SMILES string of the molecule is NCc1cc(N(CC(N)=O)CC(N)=O)ccn1. The lowest BCUT2D eigenvalue weighted by Gasteiger charge is -2.21. The van der Waals surface area contributed by atoms with Gasteiger partial charge in [0, 0.05) is 18.4 Å². The van der Waals surface area contributed by atoms with Crippen molar-refractivity contribution in [3.63, 3.8) is 0 Å². The smallest absolute Gasteiger partial charge is 0.236 e. The lowest BCUT2D eigenvalue weighted by molar-refractivity contribution is -0.117. The number of carbonyl (C=O) groups excluding carboxylic acids is 2. The predicted molar refractivity (Wildman–Crippen MR) is 62.7 cm³/mol. The van der Waals surface area contributed by atoms with Crippen LogP contribution in [0.5, 0.6) is 0 Å². The largest absolute Gasteiger partial charge is 0.368 e. The van der Waals surface area contributed by atoms with Gasteiger partial charge in [0.15, 0.2) is 0 Å². The van der Waals surface area contributed by atoms with Gasteiger partial charge in [-0.15, -0.1) is 0 Å². The third-order valence-corrected chi connectivity index (χ3v) is 2.07. The summed E-state index contributed by atoms with van der Waals surface area (Å²) in [5, 5.41) is 0. The normalized spacial score (nSPS) is 9.94. The van der Waals surface area contributed by atoms with Crippen LogP contribution in [0.25, 0.3) is 0 Å². The Hall–Kier alpha value is -2.15. The van der Waals surface area contributed by atoms with E-state index in [-0.39, 0.29) is 19.6 Å². The van der Waals surface area contributed by atoms with E-state index >= 15 is 0 Å². The second-order valence-corrected chi connectivity index (χ2v) is 3.50. The minimum Gasteiger partial charge on any atom is -0.368 e. The highest BCUT2D eigenvalue weighted by atomic mass is 16.2. The van der Waals surface area contributed by atoms with Gasteiger partial charge < -0.3 is 22.1 Å². The summed E-state index contributed by atoms with van der Waals surface area (Å²) < 4.78 is 0. The van der Waals surface area contributed by atoms with Crippen LogP contribution in [0.2, 0.25) is 0 Å². The highest BCUT2D eigenvalue weighted by molar-refractivity contribution is 5.84. The first-order valence-electron chi connectivity index (χ1n) is 4.99. The number of amides is 2. The van der Waals surface area contributed by atoms with Crippen LogP contribution in [0.3, 0.4) is 0 Å². The number of hydrogen-bond donors (Lipinski definition) is 3. The van der Waals surface area contributed by atoms with Gasteiger partial charge in [-0.3, -0.25) is 14.6 Å². The number of nitrogens with zero attached hydrogens (tertiary/aromatic N) is 2. The second-order valence-electron chi connectivity index (χ2n) is 3.50. The van der Waals surface area contributed by atoms with Gasteiger partial charge in [-0.2, -0.15) is 0 Å². The quantitative estimate of drug-likeness (QED) is 0.544. The molecule has 1 aromatic heterocycles. The molecule has 92 valence electrons. The van der Waals surface area contributed by atoms with E-state index in [1.807, 2.05) is 0 Å². The third-order valence-electron chi connectivity index (χ3n) is 2.07. The minimum atomic E-state index is -0.544. The monoisotopic (exact) mass is 237 g/mol. The maximum absolute atomic E-state index is 10.9. The molecule has 0 saturated carbocycles. The van der Waals surface area contributed by atoms with Gasteiger partial charge in [0.2, 0.25) is 11.8 Å². The maximum Gasteiger partial charge on any atom is 0.236 e. The zero-order chi connectivity index (χ0) is 12.8. The van der Waals surface area contributed by atoms with Crippen LogP contribution < -0.4 is 22.1 Å². The molecule has 7 nitrogen and oxygen atoms in total. The molecule has 0 bridgehead atoms. The molecule has 0 aliphatic heterocycles. The molecule has 0 aliphatic rings. The van der Waals surface area contributed by atoms with Crippen molar-refractivity contribution in [2.45, 2.75) is 6.54 Å². The van der Waals surface area contributed by atoms with E-state index in [1.165, 1.54) is 4.90 Å². The van der Waals surface area contributed by atoms with Crippen LogP contribution in [-0.2, 0) is 16.1 Å². The third kappa shape index (κ3) is 4.07. The van der Waals surface area contributed by atoms with Crippen molar-refractivity contribution in [2.75, 3.05) is 18.0 Å². The van der Waals surface area contributed by atoms with Crippen molar-refractivity contribution in [3.05, 3.63) is 24.0 Å². The van der Waals surface area contributed by atoms with Crippen LogP contribution in [0.4, 0.5) is 5.69 Å². The number of rotatable bonds is 6. The molecule has 7 heteroatoms. The fourth-order valence-corrected chi connectivity index (χ4v) is 1.39. The lowest BCUT2D eigenvalue weighted by atomic mass is 10.2. The van der Waals surface area contributed by atoms with Gasteiger partial charge in [-0.05, 0) is 12.1 Å². The minimum absolute atomic E-state index is 0.0863. The van der Waals surface area contributed by atoms with Crippen molar-refractivity contribution in [3.8, 4) is 0 Å². The van der Waals surface area contributed by atoms with E-state index in [1.54, 1.807) is 18.3 Å². The molecule has 0 aromatic carbocycles. The number of anilines is 1. The molecule has 6 N–H and O–H groups in total. The zero-order valence-electron chi connectivity index (χ0n) is 9.30.